The van der Waals surface area contributed by atoms with Crippen LogP contribution in [0.25, 0.3) is 15.9 Å². The highest BCUT2D eigenvalue weighted by molar-refractivity contribution is 7.20. The van der Waals surface area contributed by atoms with E-state index >= 15 is 0 Å². The molecule has 0 bridgehead atoms. The number of aryl methyl sites for hydroxylation is 1. The second-order valence-corrected chi connectivity index (χ2v) is 9.59. The van der Waals surface area contributed by atoms with Crippen molar-refractivity contribution in [2.75, 3.05) is 19.7 Å². The molecule has 2 unspecified atom stereocenters. The van der Waals surface area contributed by atoms with Crippen LogP contribution in [-0.2, 0) is 9.53 Å². The number of piperidine rings is 1. The summed E-state index contributed by atoms with van der Waals surface area (Å²) in [6.07, 6.45) is 1.12. The zero-order valence-corrected chi connectivity index (χ0v) is 18.8. The average Bonchev–Trinajstić information content (AvgIpc) is 3.26. The molecule has 1 saturated heterocycles. The van der Waals surface area contributed by atoms with Crippen LogP contribution in [0.3, 0.4) is 0 Å². The van der Waals surface area contributed by atoms with Crippen LogP contribution in [-0.4, -0.2) is 46.3 Å². The van der Waals surface area contributed by atoms with Gasteiger partial charge < -0.3 is 9.64 Å². The van der Waals surface area contributed by atoms with E-state index in [1.54, 1.807) is 27.8 Å². The maximum Gasteiger partial charge on any atom is 0.348 e. The zero-order chi connectivity index (χ0) is 21.4. The molecular weight excluding hydrogens is 422 g/mol. The van der Waals surface area contributed by atoms with Gasteiger partial charge in [-0.3, -0.25) is 4.79 Å². The number of hydrogen-bond acceptors (Lipinski definition) is 5. The summed E-state index contributed by atoms with van der Waals surface area (Å²) in [5, 5.41) is 6.12. The van der Waals surface area contributed by atoms with Crippen LogP contribution in [0.2, 0.25) is 5.02 Å². The molecule has 1 aromatic carbocycles. The molecule has 8 heteroatoms. The number of aromatic nitrogens is 2. The monoisotopic (exact) mass is 445 g/mol. The standard InChI is InChI=1S/C22H24ClN3O3S/c1-13-8-14(2)11-25(10-13)20(27)12-29-22(28)19-9-18-15(3)24-26(21(18)30-19)17-6-4-16(23)5-7-17/h4-7,9,13-14H,8,10-12H2,1-3H3. The van der Waals surface area contributed by atoms with Crippen LogP contribution in [0.5, 0.6) is 0 Å². The smallest absolute Gasteiger partial charge is 0.348 e. The Balaban J connectivity index is 1.48. The summed E-state index contributed by atoms with van der Waals surface area (Å²) >= 11 is 7.29. The van der Waals surface area contributed by atoms with Crippen molar-refractivity contribution in [3.63, 3.8) is 0 Å². The number of likely N-dealkylation sites (tertiary alicyclic amines) is 1. The molecule has 3 aromatic rings. The molecule has 0 saturated carbocycles. The van der Waals surface area contributed by atoms with Crippen molar-refractivity contribution in [3.8, 4) is 5.69 Å². The number of fused-ring (bicyclic) bond motifs is 1. The molecule has 1 aliphatic heterocycles. The van der Waals surface area contributed by atoms with Crippen molar-refractivity contribution in [2.24, 2.45) is 11.8 Å². The number of esters is 1. The van der Waals surface area contributed by atoms with E-state index in [-0.39, 0.29) is 12.5 Å². The molecule has 1 fully saturated rings. The molecule has 0 N–H and O–H groups in total. The third kappa shape index (κ3) is 4.23. The lowest BCUT2D eigenvalue weighted by Gasteiger charge is -2.34. The molecule has 6 nitrogen and oxygen atoms in total. The minimum Gasteiger partial charge on any atom is -0.451 e. The fourth-order valence-corrected chi connectivity index (χ4v) is 5.26. The van der Waals surface area contributed by atoms with Gasteiger partial charge >= 0.3 is 5.97 Å². The van der Waals surface area contributed by atoms with Crippen molar-refractivity contribution >= 4 is 45.0 Å². The van der Waals surface area contributed by atoms with Crippen LogP contribution >= 0.6 is 22.9 Å². The highest BCUT2D eigenvalue weighted by atomic mass is 35.5. The lowest BCUT2D eigenvalue weighted by Crippen LogP contribution is -2.44. The highest BCUT2D eigenvalue weighted by Gasteiger charge is 2.26. The number of benzene rings is 1. The Kier molecular flexibility index (Phi) is 5.84. The number of hydrogen-bond donors (Lipinski definition) is 0. The molecule has 2 aromatic heterocycles. The number of halogens is 1. The zero-order valence-electron chi connectivity index (χ0n) is 17.2. The molecule has 0 aliphatic carbocycles. The Morgan fingerprint density at radius 2 is 1.87 bits per heavy atom. The maximum absolute atomic E-state index is 12.6. The lowest BCUT2D eigenvalue weighted by molar-refractivity contribution is -0.137. The van der Waals surface area contributed by atoms with Gasteiger partial charge in [-0.1, -0.05) is 25.4 Å². The average molecular weight is 446 g/mol. The first-order valence-corrected chi connectivity index (χ1v) is 11.2. The van der Waals surface area contributed by atoms with Crippen molar-refractivity contribution in [1.82, 2.24) is 14.7 Å². The molecule has 2 atom stereocenters. The van der Waals surface area contributed by atoms with Gasteiger partial charge in [-0.05, 0) is 55.5 Å². The van der Waals surface area contributed by atoms with Gasteiger partial charge in [-0.15, -0.1) is 11.3 Å². The Labute approximate surface area is 184 Å². The van der Waals surface area contributed by atoms with Gasteiger partial charge in [0.15, 0.2) is 6.61 Å². The fraction of sp³-hybridized carbons (Fsp3) is 0.409. The quantitative estimate of drug-likeness (QED) is 0.545. The SMILES string of the molecule is Cc1nn(-c2ccc(Cl)cc2)c2sc(C(=O)OCC(=O)N3CC(C)CC(C)C3)cc12. The molecule has 4 rings (SSSR count). The summed E-state index contributed by atoms with van der Waals surface area (Å²) in [5.74, 6) is 0.320. The number of carbonyl (C=O) groups is 2. The Morgan fingerprint density at radius 3 is 2.53 bits per heavy atom. The number of ether oxygens (including phenoxy) is 1. The third-order valence-electron chi connectivity index (χ3n) is 5.37. The first-order valence-electron chi connectivity index (χ1n) is 10.0. The summed E-state index contributed by atoms with van der Waals surface area (Å²) < 4.78 is 7.14. The van der Waals surface area contributed by atoms with Gasteiger partial charge in [0.1, 0.15) is 9.71 Å². The van der Waals surface area contributed by atoms with Crippen molar-refractivity contribution in [2.45, 2.75) is 27.2 Å². The van der Waals surface area contributed by atoms with E-state index in [1.807, 2.05) is 19.1 Å². The van der Waals surface area contributed by atoms with Crippen LogP contribution in [0.4, 0.5) is 0 Å². The van der Waals surface area contributed by atoms with Gasteiger partial charge in [0.25, 0.3) is 5.91 Å². The number of amides is 1. The maximum atomic E-state index is 12.6. The molecule has 0 spiro atoms. The first-order chi connectivity index (χ1) is 14.3. The van der Waals surface area contributed by atoms with E-state index in [0.717, 1.165) is 41.1 Å². The fourth-order valence-electron chi connectivity index (χ4n) is 4.06. The van der Waals surface area contributed by atoms with E-state index < -0.39 is 5.97 Å². The van der Waals surface area contributed by atoms with Gasteiger partial charge in [0.05, 0.1) is 11.4 Å². The molecule has 0 radical (unpaired) electrons. The van der Waals surface area contributed by atoms with E-state index in [0.29, 0.717) is 21.7 Å². The van der Waals surface area contributed by atoms with E-state index in [2.05, 4.69) is 18.9 Å². The normalized spacial score (nSPS) is 19.3. The van der Waals surface area contributed by atoms with E-state index in [9.17, 15) is 9.59 Å². The van der Waals surface area contributed by atoms with Gasteiger partial charge in [0.2, 0.25) is 0 Å². The summed E-state index contributed by atoms with van der Waals surface area (Å²) in [6, 6.07) is 9.15. The number of thiophene rings is 1. The molecule has 1 amide bonds. The lowest BCUT2D eigenvalue weighted by atomic mass is 9.92. The van der Waals surface area contributed by atoms with Crippen LogP contribution in [0, 0.1) is 18.8 Å². The molecule has 158 valence electrons. The molecular formula is C22H24ClN3O3S. The van der Waals surface area contributed by atoms with Crippen molar-refractivity contribution < 1.29 is 14.3 Å². The number of rotatable bonds is 4. The first kappa shape index (κ1) is 20.9. The molecule has 3 heterocycles. The minimum absolute atomic E-state index is 0.133. The number of nitrogens with zero attached hydrogens (tertiary/aromatic N) is 3. The molecule has 1 aliphatic rings. The van der Waals surface area contributed by atoms with Crippen LogP contribution in [0.1, 0.15) is 35.6 Å². The topological polar surface area (TPSA) is 64.4 Å². The summed E-state index contributed by atoms with van der Waals surface area (Å²) in [6.45, 7) is 7.41. The summed E-state index contributed by atoms with van der Waals surface area (Å²) in [5.41, 5.74) is 1.69. The van der Waals surface area contributed by atoms with Crippen molar-refractivity contribution in [1.29, 1.82) is 0 Å². The Bertz CT molecular complexity index is 1080. The van der Waals surface area contributed by atoms with Crippen molar-refractivity contribution in [3.05, 3.63) is 45.9 Å². The number of carbonyl (C=O) groups excluding carboxylic acids is 2. The van der Waals surface area contributed by atoms with Crippen LogP contribution < -0.4 is 0 Å². The van der Waals surface area contributed by atoms with Gasteiger partial charge in [-0.25, -0.2) is 9.48 Å². The predicted octanol–water partition coefficient (Wildman–Crippen LogP) is 4.71. The highest BCUT2D eigenvalue weighted by Crippen LogP contribution is 2.31. The second-order valence-electron chi connectivity index (χ2n) is 8.12. The van der Waals surface area contributed by atoms with Gasteiger partial charge in [-0.2, -0.15) is 5.10 Å². The van der Waals surface area contributed by atoms with E-state index in [4.69, 9.17) is 16.3 Å². The third-order valence-corrected chi connectivity index (χ3v) is 6.71. The van der Waals surface area contributed by atoms with E-state index in [1.165, 1.54) is 11.3 Å². The predicted molar refractivity (Wildman–Crippen MR) is 119 cm³/mol. The Hall–Kier alpha value is -2.38. The summed E-state index contributed by atoms with van der Waals surface area (Å²) in [7, 11) is 0. The Morgan fingerprint density at radius 1 is 1.20 bits per heavy atom. The summed E-state index contributed by atoms with van der Waals surface area (Å²) in [4.78, 5) is 28.2. The van der Waals surface area contributed by atoms with Gasteiger partial charge in [0, 0.05) is 23.5 Å². The largest absolute Gasteiger partial charge is 0.451 e. The minimum atomic E-state index is -0.482. The van der Waals surface area contributed by atoms with Crippen LogP contribution in [0.15, 0.2) is 30.3 Å². The second kappa shape index (κ2) is 8.40. The molecule has 30 heavy (non-hydrogen) atoms.